The largest absolute Gasteiger partial charge is 0.444 e. The lowest BCUT2D eigenvalue weighted by atomic mass is 9.97. The molecule has 1 aliphatic rings. The number of carbonyl (C=O) groups excluding carboxylic acids is 1. The van der Waals surface area contributed by atoms with Gasteiger partial charge in [0.25, 0.3) is 0 Å². The number of carbonyl (C=O) groups is 1. The smallest absolute Gasteiger partial charge is 0.409 e. The molecule has 0 radical (unpaired) electrons. The molecule has 1 amide bonds. The number of amides is 1. The first-order valence-electron chi connectivity index (χ1n) is 6.72. The van der Waals surface area contributed by atoms with E-state index in [1.807, 2.05) is 27.7 Å². The lowest BCUT2D eigenvalue weighted by Gasteiger charge is -2.35. The molecule has 1 fully saturated rings. The molecule has 1 aliphatic heterocycles. The van der Waals surface area contributed by atoms with Crippen molar-refractivity contribution in [3.8, 4) is 0 Å². The number of hydroxylamine groups is 2. The van der Waals surface area contributed by atoms with Gasteiger partial charge < -0.3 is 25.1 Å². The highest BCUT2D eigenvalue weighted by molar-refractivity contribution is 5.67. The van der Waals surface area contributed by atoms with Gasteiger partial charge in [-0.3, -0.25) is 0 Å². The summed E-state index contributed by atoms with van der Waals surface area (Å²) >= 11 is 0. The van der Waals surface area contributed by atoms with Gasteiger partial charge in [0.05, 0.1) is 24.8 Å². The summed E-state index contributed by atoms with van der Waals surface area (Å²) in [5.74, 6) is 0. The zero-order valence-electron chi connectivity index (χ0n) is 12.8. The first-order chi connectivity index (χ1) is 9.02. The molecule has 0 aromatic rings. The summed E-state index contributed by atoms with van der Waals surface area (Å²) in [4.78, 5) is 13.2. The summed E-state index contributed by atoms with van der Waals surface area (Å²) in [6, 6.07) is 0. The average Bonchev–Trinajstić information content (AvgIpc) is 2.49. The van der Waals surface area contributed by atoms with Crippen LogP contribution in [0.3, 0.4) is 0 Å². The van der Waals surface area contributed by atoms with Crippen LogP contribution in [-0.4, -0.2) is 75.0 Å². The molecule has 20 heavy (non-hydrogen) atoms. The van der Waals surface area contributed by atoms with E-state index in [1.165, 1.54) is 17.0 Å². The Morgan fingerprint density at radius 2 is 2.00 bits per heavy atom. The van der Waals surface area contributed by atoms with Crippen LogP contribution in [0, 0.1) is 0 Å². The van der Waals surface area contributed by atoms with Gasteiger partial charge in [-0.25, -0.2) is 4.79 Å². The standard InChI is InChI=1S/C13H26N2O5/c1-12(2)6-10(13(3,4)15(12)19)20-11(18)14(5)7-9(17)8-16/h9-10,16-17,19H,6-8H2,1-5H3. The predicted molar refractivity (Wildman–Crippen MR) is 72.4 cm³/mol. The Balaban J connectivity index is 2.67. The average molecular weight is 290 g/mol. The Labute approximate surface area is 119 Å². The van der Waals surface area contributed by atoms with Gasteiger partial charge in [-0.15, -0.1) is 0 Å². The normalized spacial score (nSPS) is 26.3. The summed E-state index contributed by atoms with van der Waals surface area (Å²) in [5, 5.41) is 29.5. The number of nitrogens with zero attached hydrogens (tertiary/aromatic N) is 2. The van der Waals surface area contributed by atoms with E-state index in [9.17, 15) is 15.1 Å². The van der Waals surface area contributed by atoms with Gasteiger partial charge in [0.1, 0.15) is 6.10 Å². The van der Waals surface area contributed by atoms with E-state index in [0.717, 1.165) is 0 Å². The van der Waals surface area contributed by atoms with Crippen molar-refractivity contribution in [2.75, 3.05) is 20.2 Å². The number of aliphatic hydroxyl groups excluding tert-OH is 2. The molecular formula is C13H26N2O5. The third kappa shape index (κ3) is 3.41. The molecule has 1 saturated heterocycles. The SMILES string of the molecule is CN(CC(O)CO)C(=O)OC1CC(C)(C)N(O)C1(C)C. The van der Waals surface area contributed by atoms with E-state index in [-0.39, 0.29) is 6.54 Å². The van der Waals surface area contributed by atoms with Crippen LogP contribution in [0.2, 0.25) is 0 Å². The zero-order valence-corrected chi connectivity index (χ0v) is 12.8. The van der Waals surface area contributed by atoms with Gasteiger partial charge in [0, 0.05) is 19.0 Å². The molecule has 0 bridgehead atoms. The van der Waals surface area contributed by atoms with Crippen LogP contribution >= 0.6 is 0 Å². The lowest BCUT2D eigenvalue weighted by Crippen LogP contribution is -2.50. The van der Waals surface area contributed by atoms with Crippen molar-refractivity contribution in [1.29, 1.82) is 0 Å². The van der Waals surface area contributed by atoms with Crippen molar-refractivity contribution in [2.24, 2.45) is 0 Å². The van der Waals surface area contributed by atoms with Gasteiger partial charge >= 0.3 is 6.09 Å². The molecule has 0 aromatic carbocycles. The van der Waals surface area contributed by atoms with E-state index >= 15 is 0 Å². The number of likely N-dealkylation sites (N-methyl/N-ethyl adjacent to an activating group) is 1. The Kier molecular flexibility index (Phi) is 5.02. The van der Waals surface area contributed by atoms with Crippen LogP contribution in [0.15, 0.2) is 0 Å². The van der Waals surface area contributed by atoms with Crippen molar-refractivity contribution < 1.29 is 25.0 Å². The first kappa shape index (κ1) is 17.2. The van der Waals surface area contributed by atoms with E-state index in [1.54, 1.807) is 0 Å². The fraction of sp³-hybridized carbons (Fsp3) is 0.923. The first-order valence-corrected chi connectivity index (χ1v) is 6.72. The maximum atomic E-state index is 12.0. The highest BCUT2D eigenvalue weighted by atomic mass is 16.6. The van der Waals surface area contributed by atoms with Gasteiger partial charge in [0.15, 0.2) is 0 Å². The Hall–Kier alpha value is -0.890. The minimum Gasteiger partial charge on any atom is -0.444 e. The van der Waals surface area contributed by atoms with Crippen molar-refractivity contribution in [1.82, 2.24) is 9.96 Å². The monoisotopic (exact) mass is 290 g/mol. The molecule has 0 aliphatic carbocycles. The quantitative estimate of drug-likeness (QED) is 0.695. The summed E-state index contributed by atoms with van der Waals surface area (Å²) in [6.07, 6.45) is -1.51. The van der Waals surface area contributed by atoms with Crippen LogP contribution in [0.5, 0.6) is 0 Å². The fourth-order valence-electron chi connectivity index (χ4n) is 2.55. The third-order valence-corrected chi connectivity index (χ3v) is 3.84. The summed E-state index contributed by atoms with van der Waals surface area (Å²) in [6.45, 7) is 6.95. The lowest BCUT2D eigenvalue weighted by molar-refractivity contribution is -0.201. The highest BCUT2D eigenvalue weighted by Crippen LogP contribution is 2.40. The van der Waals surface area contributed by atoms with Crippen molar-refractivity contribution in [3.63, 3.8) is 0 Å². The molecule has 7 nitrogen and oxygen atoms in total. The number of hydrogen-bond donors (Lipinski definition) is 3. The maximum absolute atomic E-state index is 12.0. The minimum absolute atomic E-state index is 0.00524. The highest BCUT2D eigenvalue weighted by Gasteiger charge is 2.53. The molecular weight excluding hydrogens is 264 g/mol. The molecule has 2 atom stereocenters. The van der Waals surface area contributed by atoms with Crippen molar-refractivity contribution in [3.05, 3.63) is 0 Å². The van der Waals surface area contributed by atoms with Crippen molar-refractivity contribution >= 4 is 6.09 Å². The number of rotatable bonds is 4. The van der Waals surface area contributed by atoms with E-state index in [4.69, 9.17) is 9.84 Å². The Morgan fingerprint density at radius 1 is 1.45 bits per heavy atom. The van der Waals surface area contributed by atoms with Gasteiger partial charge in [-0.05, 0) is 27.7 Å². The molecule has 0 aromatic heterocycles. The summed E-state index contributed by atoms with van der Waals surface area (Å²) in [7, 11) is 1.49. The van der Waals surface area contributed by atoms with Gasteiger partial charge in [-0.1, -0.05) is 0 Å². The van der Waals surface area contributed by atoms with Crippen LogP contribution < -0.4 is 0 Å². The predicted octanol–water partition coefficient (Wildman–Crippen LogP) is 0.429. The van der Waals surface area contributed by atoms with Crippen LogP contribution in [0.1, 0.15) is 34.1 Å². The molecule has 7 heteroatoms. The summed E-state index contributed by atoms with van der Waals surface area (Å²) < 4.78 is 5.43. The topological polar surface area (TPSA) is 93.5 Å². The Bertz CT molecular complexity index is 359. The van der Waals surface area contributed by atoms with Gasteiger partial charge in [-0.2, -0.15) is 5.06 Å². The molecule has 1 heterocycles. The fourth-order valence-corrected chi connectivity index (χ4v) is 2.55. The number of hydrogen-bond acceptors (Lipinski definition) is 6. The molecule has 2 unspecified atom stereocenters. The van der Waals surface area contributed by atoms with Gasteiger partial charge in [0.2, 0.25) is 0 Å². The molecule has 0 spiro atoms. The molecule has 0 saturated carbocycles. The van der Waals surface area contributed by atoms with Crippen LogP contribution in [-0.2, 0) is 4.74 Å². The van der Waals surface area contributed by atoms with E-state index in [2.05, 4.69) is 0 Å². The second-order valence-corrected chi connectivity index (χ2v) is 6.57. The zero-order chi connectivity index (χ0) is 15.7. The van der Waals surface area contributed by atoms with Crippen molar-refractivity contribution in [2.45, 2.75) is 57.4 Å². The maximum Gasteiger partial charge on any atom is 0.409 e. The van der Waals surface area contributed by atoms with Crippen LogP contribution in [0.25, 0.3) is 0 Å². The van der Waals surface area contributed by atoms with E-state index in [0.29, 0.717) is 6.42 Å². The second kappa shape index (κ2) is 5.85. The minimum atomic E-state index is -0.991. The number of aliphatic hydroxyl groups is 2. The summed E-state index contributed by atoms with van der Waals surface area (Å²) in [5.41, 5.74) is -1.16. The molecule has 118 valence electrons. The molecule has 3 N–H and O–H groups in total. The van der Waals surface area contributed by atoms with E-state index < -0.39 is 36.0 Å². The number of ether oxygens (including phenoxy) is 1. The second-order valence-electron chi connectivity index (χ2n) is 6.57. The molecule has 1 rings (SSSR count). The van der Waals surface area contributed by atoms with Crippen LogP contribution in [0.4, 0.5) is 4.79 Å². The Morgan fingerprint density at radius 3 is 2.40 bits per heavy atom. The third-order valence-electron chi connectivity index (χ3n) is 3.84.